The van der Waals surface area contributed by atoms with Gasteiger partial charge >= 0.3 is 0 Å². The average molecular weight is 215 g/mol. The molecule has 0 saturated heterocycles. The van der Waals surface area contributed by atoms with Gasteiger partial charge in [0.1, 0.15) is 5.69 Å². The molecule has 0 radical (unpaired) electrons. The van der Waals surface area contributed by atoms with Gasteiger partial charge in [-0.05, 0) is 6.92 Å². The quantitative estimate of drug-likeness (QED) is 0.730. The number of ether oxygens (including phenoxy) is 2. The van der Waals surface area contributed by atoms with Crippen LogP contribution in [0, 0.1) is 0 Å². The number of hydrogen-bond donors (Lipinski definition) is 1. The third kappa shape index (κ3) is 2.74. The second kappa shape index (κ2) is 5.79. The molecule has 6 nitrogen and oxygen atoms in total. The van der Waals surface area contributed by atoms with Crippen molar-refractivity contribution in [2.75, 3.05) is 20.8 Å². The van der Waals surface area contributed by atoms with E-state index in [0.717, 1.165) is 5.69 Å². The molecule has 0 amide bonds. The topological polar surface area (TPSA) is 69.4 Å². The van der Waals surface area contributed by atoms with E-state index in [0.29, 0.717) is 18.8 Å². The minimum absolute atomic E-state index is 0.129. The molecule has 1 unspecified atom stereocenters. The monoisotopic (exact) mass is 215 g/mol. The van der Waals surface area contributed by atoms with Crippen LogP contribution in [0.4, 0.5) is 0 Å². The predicted octanol–water partition coefficient (Wildman–Crippen LogP) is 0.124. The van der Waals surface area contributed by atoms with Crippen molar-refractivity contribution in [2.24, 2.45) is 0 Å². The molecule has 0 fully saturated rings. The number of methoxy groups -OCH3 is 2. The molecular weight excluding hydrogens is 198 g/mol. The fraction of sp³-hybridized carbons (Fsp3) is 0.778. The number of rotatable bonds is 6. The first kappa shape index (κ1) is 12.1. The van der Waals surface area contributed by atoms with Gasteiger partial charge in [-0.2, -0.15) is 0 Å². The summed E-state index contributed by atoms with van der Waals surface area (Å²) in [7, 11) is 3.24. The van der Waals surface area contributed by atoms with Crippen LogP contribution >= 0.6 is 0 Å². The number of nitrogens with zero attached hydrogens (tertiary/aromatic N) is 3. The van der Waals surface area contributed by atoms with Crippen LogP contribution in [0.1, 0.15) is 24.4 Å². The first-order valence-corrected chi connectivity index (χ1v) is 4.79. The van der Waals surface area contributed by atoms with E-state index in [1.165, 1.54) is 0 Å². The van der Waals surface area contributed by atoms with Gasteiger partial charge in [-0.3, -0.25) is 0 Å². The van der Waals surface area contributed by atoms with Crippen LogP contribution in [0.25, 0.3) is 0 Å². The Kier molecular flexibility index (Phi) is 4.67. The minimum Gasteiger partial charge on any atom is -0.390 e. The Hall–Kier alpha value is -0.980. The van der Waals surface area contributed by atoms with Gasteiger partial charge in [0.05, 0.1) is 31.6 Å². The second-order valence-electron chi connectivity index (χ2n) is 3.17. The fourth-order valence-corrected chi connectivity index (χ4v) is 1.37. The molecule has 86 valence electrons. The van der Waals surface area contributed by atoms with Crippen molar-refractivity contribution in [2.45, 2.75) is 26.2 Å². The number of aliphatic hydroxyl groups is 1. The van der Waals surface area contributed by atoms with Crippen LogP contribution in [-0.2, 0) is 22.6 Å². The molecule has 0 bridgehead atoms. The van der Waals surface area contributed by atoms with E-state index in [2.05, 4.69) is 10.3 Å². The molecule has 0 aliphatic heterocycles. The first-order valence-electron chi connectivity index (χ1n) is 4.79. The summed E-state index contributed by atoms with van der Waals surface area (Å²) in [5.74, 6) is 0. The maximum Gasteiger partial charge on any atom is 0.114 e. The summed E-state index contributed by atoms with van der Waals surface area (Å²) >= 11 is 0. The van der Waals surface area contributed by atoms with Gasteiger partial charge < -0.3 is 14.6 Å². The largest absolute Gasteiger partial charge is 0.390 e. The normalized spacial score (nSPS) is 13.1. The van der Waals surface area contributed by atoms with Crippen molar-refractivity contribution in [3.05, 3.63) is 11.4 Å². The van der Waals surface area contributed by atoms with Crippen molar-refractivity contribution in [1.82, 2.24) is 15.0 Å². The van der Waals surface area contributed by atoms with E-state index in [9.17, 15) is 0 Å². The number of hydrogen-bond acceptors (Lipinski definition) is 5. The van der Waals surface area contributed by atoms with Crippen molar-refractivity contribution < 1.29 is 14.6 Å². The average Bonchev–Trinajstić information content (AvgIpc) is 2.68. The zero-order chi connectivity index (χ0) is 11.3. The molecule has 0 saturated carbocycles. The van der Waals surface area contributed by atoms with Gasteiger partial charge in [-0.25, -0.2) is 4.68 Å². The number of aliphatic hydroxyl groups excluding tert-OH is 1. The fourth-order valence-electron chi connectivity index (χ4n) is 1.37. The smallest absolute Gasteiger partial charge is 0.114 e. The van der Waals surface area contributed by atoms with E-state index in [-0.39, 0.29) is 12.7 Å². The van der Waals surface area contributed by atoms with Crippen LogP contribution < -0.4 is 0 Å². The Bertz CT molecular complexity index is 301. The highest BCUT2D eigenvalue weighted by molar-refractivity contribution is 5.11. The molecule has 0 aliphatic carbocycles. The van der Waals surface area contributed by atoms with Crippen LogP contribution in [0.15, 0.2) is 0 Å². The summed E-state index contributed by atoms with van der Waals surface area (Å²) in [4.78, 5) is 0. The lowest BCUT2D eigenvalue weighted by atomic mass is 10.2. The summed E-state index contributed by atoms with van der Waals surface area (Å²) in [5, 5.41) is 16.9. The Morgan fingerprint density at radius 3 is 2.73 bits per heavy atom. The zero-order valence-electron chi connectivity index (χ0n) is 9.30. The predicted molar refractivity (Wildman–Crippen MR) is 53.2 cm³/mol. The minimum atomic E-state index is -0.140. The molecule has 1 aromatic rings. The molecule has 1 heterocycles. The molecule has 0 spiro atoms. The van der Waals surface area contributed by atoms with E-state index in [4.69, 9.17) is 14.6 Å². The highest BCUT2D eigenvalue weighted by atomic mass is 16.5. The lowest BCUT2D eigenvalue weighted by Gasteiger charge is -2.12. The Labute approximate surface area is 88.8 Å². The molecular formula is C9H17N3O3. The van der Waals surface area contributed by atoms with E-state index < -0.39 is 0 Å². The van der Waals surface area contributed by atoms with E-state index >= 15 is 0 Å². The molecule has 6 heteroatoms. The highest BCUT2D eigenvalue weighted by Crippen LogP contribution is 2.18. The zero-order valence-corrected chi connectivity index (χ0v) is 9.30. The second-order valence-corrected chi connectivity index (χ2v) is 3.17. The molecule has 1 N–H and O–H groups in total. The Balaban J connectivity index is 2.89. The molecule has 0 aliphatic rings. The third-order valence-electron chi connectivity index (χ3n) is 2.24. The van der Waals surface area contributed by atoms with Crippen LogP contribution in [0.2, 0.25) is 0 Å². The van der Waals surface area contributed by atoms with Crippen LogP contribution in [0.3, 0.4) is 0 Å². The van der Waals surface area contributed by atoms with E-state index in [1.807, 2.05) is 6.92 Å². The van der Waals surface area contributed by atoms with Crippen molar-refractivity contribution >= 4 is 0 Å². The van der Waals surface area contributed by atoms with Crippen LogP contribution in [-0.4, -0.2) is 40.9 Å². The van der Waals surface area contributed by atoms with Crippen molar-refractivity contribution in [3.63, 3.8) is 0 Å². The SMILES string of the molecule is COCCn1nnc(CO)c1C(C)OC. The van der Waals surface area contributed by atoms with Crippen molar-refractivity contribution in [1.29, 1.82) is 0 Å². The van der Waals surface area contributed by atoms with Crippen molar-refractivity contribution in [3.8, 4) is 0 Å². The van der Waals surface area contributed by atoms with Gasteiger partial charge in [-0.15, -0.1) is 5.10 Å². The lowest BCUT2D eigenvalue weighted by Crippen LogP contribution is -2.13. The standard InChI is InChI=1S/C9H17N3O3/c1-7(15-3)9-8(6-13)10-11-12(9)4-5-14-2/h7,13H,4-6H2,1-3H3. The van der Waals surface area contributed by atoms with Gasteiger partial charge in [0.2, 0.25) is 0 Å². The highest BCUT2D eigenvalue weighted by Gasteiger charge is 2.17. The van der Waals surface area contributed by atoms with Gasteiger partial charge in [0, 0.05) is 14.2 Å². The Morgan fingerprint density at radius 2 is 2.20 bits per heavy atom. The third-order valence-corrected chi connectivity index (χ3v) is 2.24. The molecule has 15 heavy (non-hydrogen) atoms. The number of aromatic nitrogens is 3. The van der Waals surface area contributed by atoms with Gasteiger partial charge in [-0.1, -0.05) is 5.21 Å². The molecule has 1 rings (SSSR count). The van der Waals surface area contributed by atoms with Gasteiger partial charge in [0.15, 0.2) is 0 Å². The molecule has 1 aromatic heterocycles. The van der Waals surface area contributed by atoms with Gasteiger partial charge in [0.25, 0.3) is 0 Å². The summed E-state index contributed by atoms with van der Waals surface area (Å²) in [6.07, 6.45) is -0.140. The molecule has 0 aromatic carbocycles. The van der Waals surface area contributed by atoms with Crippen LogP contribution in [0.5, 0.6) is 0 Å². The summed E-state index contributed by atoms with van der Waals surface area (Å²) in [6.45, 7) is 2.92. The first-order chi connectivity index (χ1) is 7.24. The summed E-state index contributed by atoms with van der Waals surface area (Å²) in [5.41, 5.74) is 1.36. The maximum atomic E-state index is 9.10. The summed E-state index contributed by atoms with van der Waals surface area (Å²) < 4.78 is 11.9. The molecule has 1 atom stereocenters. The lowest BCUT2D eigenvalue weighted by molar-refractivity contribution is 0.105. The summed E-state index contributed by atoms with van der Waals surface area (Å²) in [6, 6.07) is 0. The maximum absolute atomic E-state index is 9.10. The Morgan fingerprint density at radius 1 is 1.47 bits per heavy atom. The van der Waals surface area contributed by atoms with E-state index in [1.54, 1.807) is 18.9 Å².